The minimum atomic E-state index is -1.90. The molecule has 0 aliphatic heterocycles. The predicted octanol–water partition coefficient (Wildman–Crippen LogP) is 4.55. The molecule has 2 rings (SSSR count). The summed E-state index contributed by atoms with van der Waals surface area (Å²) in [4.78, 5) is 36.0. The third kappa shape index (κ3) is 7.18. The molecule has 0 heterocycles. The van der Waals surface area contributed by atoms with Gasteiger partial charge in [-0.1, -0.05) is 35.9 Å². The number of carbonyl (C=O) groups is 3. The summed E-state index contributed by atoms with van der Waals surface area (Å²) in [6.45, 7) is 6.30. The van der Waals surface area contributed by atoms with E-state index in [1.165, 1.54) is 25.1 Å². The highest BCUT2D eigenvalue weighted by molar-refractivity contribution is 6.30. The monoisotopic (exact) mass is 478 g/mol. The highest BCUT2D eigenvalue weighted by Crippen LogP contribution is 2.28. The number of hydrogen-bond donors (Lipinski definition) is 3. The van der Waals surface area contributed by atoms with Crippen molar-refractivity contribution in [2.45, 2.75) is 52.2 Å². The van der Waals surface area contributed by atoms with E-state index in [2.05, 4.69) is 5.32 Å². The highest BCUT2D eigenvalue weighted by atomic mass is 35.5. The first-order valence-electron chi connectivity index (χ1n) is 10.3. The summed E-state index contributed by atoms with van der Waals surface area (Å²) in [6.07, 6.45) is -0.808. The number of carboxylic acids is 1. The zero-order chi connectivity index (χ0) is 25.0. The number of halogens is 2. The Balaban J connectivity index is 2.29. The van der Waals surface area contributed by atoms with E-state index >= 15 is 0 Å². The molecular weight excluding hydrogens is 451 g/mol. The number of nitrogens with two attached hydrogens (primary N) is 1. The fourth-order valence-electron chi connectivity index (χ4n) is 3.26. The number of aliphatic carboxylic acids is 1. The van der Waals surface area contributed by atoms with Crippen LogP contribution in [0, 0.1) is 11.2 Å². The zero-order valence-electron chi connectivity index (χ0n) is 18.9. The molecule has 0 aliphatic carbocycles. The number of nitrogens with one attached hydrogen (secondary N) is 1. The smallest absolute Gasteiger partial charge is 0.407 e. The number of carboxylic acid groups (broad SMARTS) is 1. The molecule has 0 saturated carbocycles. The molecule has 2 aromatic rings. The second-order valence-electron chi connectivity index (χ2n) is 9.07. The molecule has 0 saturated heterocycles. The second kappa shape index (κ2) is 10.2. The molecule has 178 valence electrons. The fraction of sp³-hybridized carbons (Fsp3) is 0.375. The number of primary amides is 1. The molecule has 0 aromatic heterocycles. The van der Waals surface area contributed by atoms with Crippen molar-refractivity contribution >= 4 is 29.6 Å². The molecule has 7 nitrogen and oxygen atoms in total. The third-order valence-electron chi connectivity index (χ3n) is 5.07. The normalized spacial score (nSPS) is 14.1. The summed E-state index contributed by atoms with van der Waals surface area (Å²) in [5.74, 6) is -2.83. The molecule has 0 aliphatic rings. The van der Waals surface area contributed by atoms with Crippen molar-refractivity contribution in [1.82, 2.24) is 5.32 Å². The largest absolute Gasteiger partial charge is 0.480 e. The van der Waals surface area contributed by atoms with E-state index in [4.69, 9.17) is 22.1 Å². The minimum absolute atomic E-state index is 0.188. The van der Waals surface area contributed by atoms with E-state index in [-0.39, 0.29) is 12.8 Å². The van der Waals surface area contributed by atoms with Crippen LogP contribution < -0.4 is 11.1 Å². The average molecular weight is 479 g/mol. The van der Waals surface area contributed by atoms with E-state index in [0.717, 1.165) is 5.56 Å². The Morgan fingerprint density at radius 3 is 2.24 bits per heavy atom. The maximum atomic E-state index is 14.2. The van der Waals surface area contributed by atoms with Crippen LogP contribution in [-0.4, -0.2) is 34.7 Å². The Morgan fingerprint density at radius 1 is 1.12 bits per heavy atom. The van der Waals surface area contributed by atoms with Gasteiger partial charge >= 0.3 is 12.1 Å². The molecule has 1 unspecified atom stereocenters. The number of carbonyl (C=O) groups excluding carboxylic acids is 2. The fourth-order valence-corrected chi connectivity index (χ4v) is 3.43. The Morgan fingerprint density at radius 2 is 1.73 bits per heavy atom. The summed E-state index contributed by atoms with van der Waals surface area (Å²) < 4.78 is 19.4. The van der Waals surface area contributed by atoms with Gasteiger partial charge in [0.1, 0.15) is 16.8 Å². The molecule has 0 spiro atoms. The Kier molecular flexibility index (Phi) is 8.08. The van der Waals surface area contributed by atoms with Crippen LogP contribution >= 0.6 is 11.6 Å². The van der Waals surface area contributed by atoms with Gasteiger partial charge in [-0.3, -0.25) is 9.59 Å². The summed E-state index contributed by atoms with van der Waals surface area (Å²) in [7, 11) is 0. The van der Waals surface area contributed by atoms with Crippen molar-refractivity contribution in [1.29, 1.82) is 0 Å². The van der Waals surface area contributed by atoms with Crippen LogP contribution in [0.15, 0.2) is 42.5 Å². The van der Waals surface area contributed by atoms with Crippen LogP contribution in [0.4, 0.5) is 9.18 Å². The molecule has 4 N–H and O–H groups in total. The molecular formula is C24H28ClFN2O5. The molecule has 0 fully saturated rings. The van der Waals surface area contributed by atoms with Gasteiger partial charge in [0, 0.05) is 16.6 Å². The van der Waals surface area contributed by atoms with Crippen molar-refractivity contribution in [3.05, 3.63) is 58.9 Å². The summed E-state index contributed by atoms with van der Waals surface area (Å²) in [5.41, 5.74) is 4.34. The number of alkyl carbamates (subject to hydrolysis) is 1. The van der Waals surface area contributed by atoms with Gasteiger partial charge < -0.3 is 20.9 Å². The SMILES string of the molecule is CC(C)(C)OC(=O)N[C@H](Cc1ccc(-c2cc(Cl)ccc2F)cc1)CC(C)(C(N)=O)C(=O)O. The standard InChI is InChI=1S/C24H28ClFN2O5/c1-23(2,3)33-22(32)28-17(13-24(4,20(27)29)21(30)31)11-14-5-7-15(8-6-14)18-12-16(25)9-10-19(18)26/h5-10,12,17H,11,13H2,1-4H3,(H2,27,29)(H,28,32)(H,30,31)/t17-,24?/m1/s1. The Hall–Kier alpha value is -3.13. The highest BCUT2D eigenvalue weighted by Gasteiger charge is 2.42. The van der Waals surface area contributed by atoms with Crippen LogP contribution in [0.2, 0.25) is 5.02 Å². The number of benzene rings is 2. The lowest BCUT2D eigenvalue weighted by Gasteiger charge is -2.29. The quantitative estimate of drug-likeness (QED) is 0.481. The lowest BCUT2D eigenvalue weighted by Crippen LogP contribution is -2.49. The van der Waals surface area contributed by atoms with Crippen molar-refractivity contribution in [2.75, 3.05) is 0 Å². The molecule has 2 aromatic carbocycles. The molecule has 33 heavy (non-hydrogen) atoms. The van der Waals surface area contributed by atoms with Crippen molar-refractivity contribution in [2.24, 2.45) is 11.1 Å². The molecule has 2 atom stereocenters. The molecule has 0 bridgehead atoms. The summed E-state index contributed by atoms with van der Waals surface area (Å²) >= 11 is 5.97. The zero-order valence-corrected chi connectivity index (χ0v) is 19.7. The first-order chi connectivity index (χ1) is 15.2. The van der Waals surface area contributed by atoms with Crippen LogP contribution in [0.3, 0.4) is 0 Å². The van der Waals surface area contributed by atoms with Gasteiger partial charge in [0.15, 0.2) is 0 Å². The van der Waals surface area contributed by atoms with E-state index in [0.29, 0.717) is 16.1 Å². The van der Waals surface area contributed by atoms with Crippen molar-refractivity contribution in [3.8, 4) is 11.1 Å². The summed E-state index contributed by atoms with van der Waals surface area (Å²) in [5, 5.41) is 12.6. The van der Waals surface area contributed by atoms with Gasteiger partial charge in [-0.2, -0.15) is 0 Å². The van der Waals surface area contributed by atoms with E-state index < -0.39 is 40.8 Å². The number of rotatable bonds is 8. The van der Waals surface area contributed by atoms with Gasteiger partial charge in [-0.05, 0) is 69.9 Å². The summed E-state index contributed by atoms with van der Waals surface area (Å²) in [6, 6.07) is 10.3. The Labute approximate surface area is 197 Å². The number of hydrogen-bond acceptors (Lipinski definition) is 4. The van der Waals surface area contributed by atoms with Gasteiger partial charge in [0.05, 0.1) is 0 Å². The predicted molar refractivity (Wildman–Crippen MR) is 123 cm³/mol. The van der Waals surface area contributed by atoms with Gasteiger partial charge in [-0.15, -0.1) is 0 Å². The lowest BCUT2D eigenvalue weighted by molar-refractivity contribution is -0.154. The Bertz CT molecular complexity index is 1020. The maximum absolute atomic E-state index is 14.2. The van der Waals surface area contributed by atoms with Gasteiger partial charge in [0.2, 0.25) is 5.91 Å². The van der Waals surface area contributed by atoms with E-state index in [9.17, 15) is 23.9 Å². The lowest BCUT2D eigenvalue weighted by atomic mass is 9.81. The first kappa shape index (κ1) is 26.1. The van der Waals surface area contributed by atoms with Crippen LogP contribution in [0.25, 0.3) is 11.1 Å². The second-order valence-corrected chi connectivity index (χ2v) is 9.51. The van der Waals surface area contributed by atoms with Crippen molar-refractivity contribution < 1.29 is 28.6 Å². The first-order valence-corrected chi connectivity index (χ1v) is 10.7. The molecule has 2 amide bonds. The van der Waals surface area contributed by atoms with Crippen LogP contribution in [0.5, 0.6) is 0 Å². The number of ether oxygens (including phenoxy) is 1. The van der Waals surface area contributed by atoms with Gasteiger partial charge in [-0.25, -0.2) is 9.18 Å². The molecule has 0 radical (unpaired) electrons. The average Bonchev–Trinajstić information content (AvgIpc) is 2.68. The topological polar surface area (TPSA) is 119 Å². The van der Waals surface area contributed by atoms with Crippen LogP contribution in [-0.2, 0) is 20.7 Å². The van der Waals surface area contributed by atoms with Gasteiger partial charge in [0.25, 0.3) is 0 Å². The third-order valence-corrected chi connectivity index (χ3v) is 5.30. The number of amides is 2. The van der Waals surface area contributed by atoms with Crippen molar-refractivity contribution in [3.63, 3.8) is 0 Å². The maximum Gasteiger partial charge on any atom is 0.407 e. The molecule has 9 heteroatoms. The minimum Gasteiger partial charge on any atom is -0.480 e. The van der Waals surface area contributed by atoms with E-state index in [1.807, 2.05) is 0 Å². The van der Waals surface area contributed by atoms with E-state index in [1.54, 1.807) is 45.0 Å². The van der Waals surface area contributed by atoms with Crippen LogP contribution in [0.1, 0.15) is 39.7 Å².